The van der Waals surface area contributed by atoms with Crippen molar-refractivity contribution in [2.24, 2.45) is 0 Å². The van der Waals surface area contributed by atoms with E-state index in [0.717, 1.165) is 6.42 Å². The van der Waals surface area contributed by atoms with E-state index in [-0.39, 0.29) is 18.2 Å². The van der Waals surface area contributed by atoms with Crippen LogP contribution in [0.2, 0.25) is 0 Å². The van der Waals surface area contributed by atoms with Crippen molar-refractivity contribution in [3.63, 3.8) is 0 Å². The Morgan fingerprint density at radius 2 is 2.10 bits per heavy atom. The van der Waals surface area contributed by atoms with E-state index < -0.39 is 5.82 Å². The van der Waals surface area contributed by atoms with E-state index in [1.165, 1.54) is 18.2 Å². The van der Waals surface area contributed by atoms with Gasteiger partial charge in [-0.1, -0.05) is 13.0 Å². The molecule has 0 atom stereocenters. The van der Waals surface area contributed by atoms with E-state index in [9.17, 15) is 14.0 Å². The van der Waals surface area contributed by atoms with Crippen LogP contribution in [-0.4, -0.2) is 16.3 Å². The van der Waals surface area contributed by atoms with Crippen molar-refractivity contribution >= 4 is 17.4 Å². The number of halogens is 1. The maximum atomic E-state index is 13.0. The van der Waals surface area contributed by atoms with Crippen molar-refractivity contribution in [3.8, 4) is 0 Å². The van der Waals surface area contributed by atoms with Crippen LogP contribution in [0.25, 0.3) is 0 Å². The number of anilines is 1. The van der Waals surface area contributed by atoms with Gasteiger partial charge in [0.05, 0.1) is 0 Å². The first-order valence-electron chi connectivity index (χ1n) is 6.83. The molecule has 0 aliphatic rings. The van der Waals surface area contributed by atoms with Gasteiger partial charge in [0.2, 0.25) is 5.91 Å². The van der Waals surface area contributed by atoms with E-state index in [0.29, 0.717) is 17.7 Å². The Balaban J connectivity index is 1.95. The molecule has 0 saturated heterocycles. The third kappa shape index (κ3) is 4.27. The van der Waals surface area contributed by atoms with Crippen LogP contribution in [0.4, 0.5) is 10.1 Å². The molecular formula is C16H17FN2O2. The van der Waals surface area contributed by atoms with Gasteiger partial charge in [-0.05, 0) is 30.7 Å². The lowest BCUT2D eigenvalue weighted by molar-refractivity contribution is -0.116. The fourth-order valence-electron chi connectivity index (χ4n) is 2.01. The van der Waals surface area contributed by atoms with Gasteiger partial charge in [0, 0.05) is 30.1 Å². The van der Waals surface area contributed by atoms with Gasteiger partial charge < -0.3 is 9.88 Å². The molecule has 0 fully saturated rings. The van der Waals surface area contributed by atoms with Crippen molar-refractivity contribution in [3.05, 3.63) is 54.1 Å². The lowest BCUT2D eigenvalue weighted by atomic mass is 10.1. The van der Waals surface area contributed by atoms with Gasteiger partial charge in [-0.2, -0.15) is 0 Å². The summed E-state index contributed by atoms with van der Waals surface area (Å²) in [6.07, 6.45) is 4.64. The molecule has 1 N–H and O–H groups in total. The van der Waals surface area contributed by atoms with E-state index >= 15 is 0 Å². The summed E-state index contributed by atoms with van der Waals surface area (Å²) < 4.78 is 14.7. The summed E-state index contributed by atoms with van der Waals surface area (Å²) in [7, 11) is 0. The topological polar surface area (TPSA) is 51.1 Å². The van der Waals surface area contributed by atoms with Gasteiger partial charge in [0.15, 0.2) is 5.78 Å². The molecular weight excluding hydrogens is 271 g/mol. The zero-order chi connectivity index (χ0) is 15.2. The molecule has 110 valence electrons. The van der Waals surface area contributed by atoms with E-state index in [1.54, 1.807) is 29.1 Å². The molecule has 0 aliphatic carbocycles. The van der Waals surface area contributed by atoms with Crippen LogP contribution >= 0.6 is 0 Å². The summed E-state index contributed by atoms with van der Waals surface area (Å²) >= 11 is 0. The number of rotatable bonds is 6. The minimum Gasteiger partial charge on any atom is -0.344 e. The highest BCUT2D eigenvalue weighted by atomic mass is 19.1. The Morgan fingerprint density at radius 1 is 1.29 bits per heavy atom. The lowest BCUT2D eigenvalue weighted by Crippen LogP contribution is -2.18. The Hall–Kier alpha value is -2.43. The van der Waals surface area contributed by atoms with Crippen LogP contribution < -0.4 is 5.32 Å². The largest absolute Gasteiger partial charge is 0.344 e. The van der Waals surface area contributed by atoms with Crippen molar-refractivity contribution in [2.75, 3.05) is 5.32 Å². The molecule has 0 aliphatic heterocycles. The summed E-state index contributed by atoms with van der Waals surface area (Å²) in [4.78, 5) is 23.6. The first-order chi connectivity index (χ1) is 10.1. The number of nitrogens with one attached hydrogen (secondary N) is 1. The zero-order valence-electron chi connectivity index (χ0n) is 11.8. The molecule has 1 amide bonds. The quantitative estimate of drug-likeness (QED) is 0.830. The van der Waals surface area contributed by atoms with Crippen LogP contribution in [0.3, 0.4) is 0 Å². The van der Waals surface area contributed by atoms with Gasteiger partial charge in [-0.15, -0.1) is 0 Å². The lowest BCUT2D eigenvalue weighted by Gasteiger charge is -2.06. The third-order valence-corrected chi connectivity index (χ3v) is 2.98. The zero-order valence-corrected chi connectivity index (χ0v) is 11.8. The molecule has 21 heavy (non-hydrogen) atoms. The summed E-state index contributed by atoms with van der Waals surface area (Å²) in [6.45, 7) is 2.03. The number of hydrogen-bond donors (Lipinski definition) is 1. The smallest absolute Gasteiger partial charge is 0.244 e. The molecule has 4 nitrogen and oxygen atoms in total. The first kappa shape index (κ1) is 15.0. The summed E-state index contributed by atoms with van der Waals surface area (Å²) in [5.74, 6) is -0.603. The highest BCUT2D eigenvalue weighted by Crippen LogP contribution is 2.10. The van der Waals surface area contributed by atoms with E-state index in [1.807, 2.05) is 6.92 Å². The number of nitrogens with zero attached hydrogens (tertiary/aromatic N) is 1. The summed E-state index contributed by atoms with van der Waals surface area (Å²) in [5, 5.41) is 2.61. The molecule has 2 aromatic rings. The van der Waals surface area contributed by atoms with Gasteiger partial charge in [0.25, 0.3) is 0 Å². The molecule has 1 aromatic heterocycles. The van der Waals surface area contributed by atoms with Crippen molar-refractivity contribution in [1.29, 1.82) is 0 Å². The SMILES string of the molecule is CCCC(=O)c1ccn(CC(=O)Nc2cccc(F)c2)c1. The molecule has 1 heterocycles. The molecule has 0 spiro atoms. The highest BCUT2D eigenvalue weighted by Gasteiger charge is 2.09. The summed E-state index contributed by atoms with van der Waals surface area (Å²) in [5.41, 5.74) is 1.02. The second kappa shape index (κ2) is 6.83. The molecule has 2 rings (SSSR count). The predicted molar refractivity (Wildman–Crippen MR) is 78.7 cm³/mol. The van der Waals surface area contributed by atoms with Crippen LogP contribution in [0, 0.1) is 5.82 Å². The minimum absolute atomic E-state index is 0.0711. The van der Waals surface area contributed by atoms with Crippen LogP contribution in [0.5, 0.6) is 0 Å². The minimum atomic E-state index is -0.402. The van der Waals surface area contributed by atoms with Gasteiger partial charge in [-0.3, -0.25) is 9.59 Å². The Bertz CT molecular complexity index is 649. The fourth-order valence-corrected chi connectivity index (χ4v) is 2.01. The second-order valence-electron chi connectivity index (χ2n) is 4.80. The van der Waals surface area contributed by atoms with Crippen molar-refractivity contribution < 1.29 is 14.0 Å². The first-order valence-corrected chi connectivity index (χ1v) is 6.83. The van der Waals surface area contributed by atoms with Crippen LogP contribution in [-0.2, 0) is 11.3 Å². The van der Waals surface area contributed by atoms with Crippen LogP contribution in [0.1, 0.15) is 30.1 Å². The standard InChI is InChI=1S/C16H17FN2O2/c1-2-4-15(20)12-7-8-19(10-12)11-16(21)18-14-6-3-5-13(17)9-14/h3,5-10H,2,4,11H2,1H3,(H,18,21). The number of Topliss-reactive ketones (excluding diaryl/α,β-unsaturated/α-hetero) is 1. The fraction of sp³-hybridized carbons (Fsp3) is 0.250. The number of aromatic nitrogens is 1. The Labute approximate surface area is 122 Å². The number of amides is 1. The highest BCUT2D eigenvalue weighted by molar-refractivity contribution is 5.96. The van der Waals surface area contributed by atoms with E-state index in [4.69, 9.17) is 0 Å². The summed E-state index contributed by atoms with van der Waals surface area (Å²) in [6, 6.07) is 7.42. The van der Waals surface area contributed by atoms with Gasteiger partial charge >= 0.3 is 0 Å². The number of carbonyl (C=O) groups is 2. The number of benzene rings is 1. The molecule has 0 radical (unpaired) electrons. The predicted octanol–water partition coefficient (Wildman–Crippen LogP) is 3.25. The number of hydrogen-bond acceptors (Lipinski definition) is 2. The Kier molecular flexibility index (Phi) is 4.87. The Morgan fingerprint density at radius 3 is 2.81 bits per heavy atom. The third-order valence-electron chi connectivity index (χ3n) is 2.98. The van der Waals surface area contributed by atoms with Crippen molar-refractivity contribution in [2.45, 2.75) is 26.3 Å². The maximum absolute atomic E-state index is 13.0. The maximum Gasteiger partial charge on any atom is 0.244 e. The van der Waals surface area contributed by atoms with E-state index in [2.05, 4.69) is 5.32 Å². The van der Waals surface area contributed by atoms with Gasteiger partial charge in [-0.25, -0.2) is 4.39 Å². The normalized spacial score (nSPS) is 10.4. The number of ketones is 1. The molecule has 0 saturated carbocycles. The average Bonchev–Trinajstić information content (AvgIpc) is 2.87. The molecule has 0 bridgehead atoms. The monoisotopic (exact) mass is 288 g/mol. The second-order valence-corrected chi connectivity index (χ2v) is 4.80. The number of carbonyl (C=O) groups excluding carboxylic acids is 2. The van der Waals surface area contributed by atoms with Crippen molar-refractivity contribution in [1.82, 2.24) is 4.57 Å². The molecule has 0 unspecified atom stereocenters. The molecule has 5 heteroatoms. The molecule has 1 aromatic carbocycles. The average molecular weight is 288 g/mol. The van der Waals surface area contributed by atoms with Gasteiger partial charge in [0.1, 0.15) is 12.4 Å². The van der Waals surface area contributed by atoms with Crippen LogP contribution in [0.15, 0.2) is 42.7 Å².